The molecule has 2 aromatic rings. The van der Waals surface area contributed by atoms with E-state index >= 15 is 8.78 Å². The highest BCUT2D eigenvalue weighted by Gasteiger charge is 2.47. The number of aromatic nitrogens is 3. The number of nitrogen functional groups attached to an aromatic ring is 1. The topological polar surface area (TPSA) is 148 Å². The van der Waals surface area contributed by atoms with E-state index in [9.17, 15) is 13.2 Å². The zero-order chi connectivity index (χ0) is 29.5. The third-order valence-electron chi connectivity index (χ3n) is 9.13. The van der Waals surface area contributed by atoms with Crippen molar-refractivity contribution in [2.24, 2.45) is 0 Å². The van der Waals surface area contributed by atoms with Crippen LogP contribution in [0.3, 0.4) is 0 Å². The number of amides is 1. The van der Waals surface area contributed by atoms with Gasteiger partial charge in [-0.3, -0.25) is 9.78 Å². The van der Waals surface area contributed by atoms with Crippen molar-refractivity contribution in [2.45, 2.75) is 68.3 Å². The van der Waals surface area contributed by atoms with E-state index in [1.807, 2.05) is 0 Å². The van der Waals surface area contributed by atoms with Crippen LogP contribution in [0.1, 0.15) is 61.7 Å². The highest BCUT2D eigenvalue weighted by molar-refractivity contribution is 7.89. The van der Waals surface area contributed by atoms with E-state index in [1.165, 1.54) is 10.5 Å². The summed E-state index contributed by atoms with van der Waals surface area (Å²) in [5.41, 5.74) is 5.73. The third kappa shape index (κ3) is 5.08. The average molecular weight is 609 g/mol. The van der Waals surface area contributed by atoms with Crippen LogP contribution in [0.15, 0.2) is 12.4 Å². The fraction of sp³-hybridized carbons (Fsp3) is 0.667. The van der Waals surface area contributed by atoms with Crippen LogP contribution in [0.2, 0.25) is 0 Å². The molecule has 1 unspecified atom stereocenters. The van der Waals surface area contributed by atoms with Gasteiger partial charge in [-0.1, -0.05) is 38.5 Å². The van der Waals surface area contributed by atoms with Crippen LogP contribution in [0, 0.1) is 5.82 Å². The van der Waals surface area contributed by atoms with Gasteiger partial charge in [0.2, 0.25) is 10.0 Å². The Bertz CT molecular complexity index is 1420. The van der Waals surface area contributed by atoms with Gasteiger partial charge in [-0.05, 0) is 12.8 Å². The minimum Gasteiger partial charge on any atom is -0.381 e. The number of anilines is 4. The second kappa shape index (κ2) is 11.6. The molecule has 3 fully saturated rings. The summed E-state index contributed by atoms with van der Waals surface area (Å²) in [5.74, 6) is -0.933. The first-order valence-electron chi connectivity index (χ1n) is 14.8. The Hall–Kier alpha value is -3.04. The molecule has 1 atom stereocenters. The van der Waals surface area contributed by atoms with Gasteiger partial charge in [0, 0.05) is 32.7 Å². The van der Waals surface area contributed by atoms with Crippen molar-refractivity contribution in [1.29, 1.82) is 0 Å². The van der Waals surface area contributed by atoms with Gasteiger partial charge in [-0.2, -0.15) is 9.40 Å². The molecule has 0 bridgehead atoms. The summed E-state index contributed by atoms with van der Waals surface area (Å²) in [7, 11) is -3.49. The van der Waals surface area contributed by atoms with E-state index < -0.39 is 38.7 Å². The molecule has 3 aliphatic heterocycles. The number of pyridine rings is 1. The van der Waals surface area contributed by atoms with Gasteiger partial charge >= 0.3 is 0 Å². The van der Waals surface area contributed by atoms with Gasteiger partial charge < -0.3 is 26.0 Å². The molecule has 6 rings (SSSR count). The minimum atomic E-state index is -3.49. The molecule has 15 heteroatoms. The maximum atomic E-state index is 15.6. The molecule has 4 aliphatic rings. The molecule has 5 heterocycles. The van der Waals surface area contributed by atoms with Gasteiger partial charge in [0.15, 0.2) is 11.6 Å². The van der Waals surface area contributed by atoms with E-state index in [4.69, 9.17) is 10.5 Å². The molecular formula is C27H38F2N8O4S. The Morgan fingerprint density at radius 3 is 2.38 bits per heavy atom. The summed E-state index contributed by atoms with van der Waals surface area (Å²) in [6, 6.07) is 0. The number of nitrogens with one attached hydrogen (secondary N) is 2. The molecule has 12 nitrogen and oxygen atoms in total. The second-order valence-corrected chi connectivity index (χ2v) is 13.9. The zero-order valence-electron chi connectivity index (χ0n) is 23.5. The maximum absolute atomic E-state index is 15.6. The average Bonchev–Trinajstić information content (AvgIpc) is 3.33. The summed E-state index contributed by atoms with van der Waals surface area (Å²) in [5, 5.41) is 9.73. The number of carbonyl (C=O) groups is 1. The lowest BCUT2D eigenvalue weighted by Gasteiger charge is -2.42. The van der Waals surface area contributed by atoms with Gasteiger partial charge in [0.05, 0.1) is 36.8 Å². The highest BCUT2D eigenvalue weighted by atomic mass is 32.2. The minimum absolute atomic E-state index is 0.0342. The van der Waals surface area contributed by atoms with Crippen molar-refractivity contribution in [3.63, 3.8) is 0 Å². The Kier molecular flexibility index (Phi) is 8.00. The lowest BCUT2D eigenvalue weighted by molar-refractivity contribution is 0.0391. The summed E-state index contributed by atoms with van der Waals surface area (Å²) in [6.07, 6.45) is 8.45. The summed E-state index contributed by atoms with van der Waals surface area (Å²) < 4.78 is 64.5. The molecule has 2 saturated heterocycles. The molecule has 42 heavy (non-hydrogen) atoms. The van der Waals surface area contributed by atoms with E-state index in [0.29, 0.717) is 18.7 Å². The molecule has 4 N–H and O–H groups in total. The fourth-order valence-corrected chi connectivity index (χ4v) is 8.29. The Morgan fingerprint density at radius 2 is 1.74 bits per heavy atom. The standard InChI is InChI=1S/C27H38F2N8O4S/c28-19-13-31-14-20(23(19)35-9-11-36(12-10-35)42(39,40)18-16-41-17-18)33-26(38)22-24(30)34-37-25(22)32-15-21(29)27(37)7-5-3-1-2-4-6-8-27/h13-14,18,21,32H,1-12,15-17H2,(H2,30,34)(H,33,38). The molecule has 0 radical (unpaired) electrons. The molecule has 1 saturated carbocycles. The lowest BCUT2D eigenvalue weighted by Crippen LogP contribution is -2.55. The number of hydrogen-bond donors (Lipinski definition) is 3. The number of sulfonamides is 1. The van der Waals surface area contributed by atoms with Crippen molar-refractivity contribution in [3.05, 3.63) is 23.8 Å². The second-order valence-electron chi connectivity index (χ2n) is 11.7. The fourth-order valence-electron chi connectivity index (χ4n) is 6.66. The normalized spacial score (nSPS) is 23.7. The van der Waals surface area contributed by atoms with Gasteiger partial charge in [-0.15, -0.1) is 0 Å². The van der Waals surface area contributed by atoms with Gasteiger partial charge in [0.25, 0.3) is 5.91 Å². The van der Waals surface area contributed by atoms with Gasteiger partial charge in [-0.25, -0.2) is 21.9 Å². The largest absolute Gasteiger partial charge is 0.381 e. The first-order chi connectivity index (χ1) is 20.2. The van der Waals surface area contributed by atoms with E-state index in [1.54, 1.807) is 9.58 Å². The highest BCUT2D eigenvalue weighted by Crippen LogP contribution is 2.44. The molecule has 1 aliphatic carbocycles. The number of nitrogens with zero attached hydrogens (tertiary/aromatic N) is 5. The first kappa shape index (κ1) is 29.1. The van der Waals surface area contributed by atoms with Crippen molar-refractivity contribution in [2.75, 3.05) is 67.2 Å². The number of fused-ring (bicyclic) bond motifs is 2. The number of piperazine rings is 1. The van der Waals surface area contributed by atoms with Crippen LogP contribution >= 0.6 is 0 Å². The van der Waals surface area contributed by atoms with E-state index in [-0.39, 0.29) is 68.7 Å². The van der Waals surface area contributed by atoms with Crippen molar-refractivity contribution < 1.29 is 26.7 Å². The molecule has 1 amide bonds. The van der Waals surface area contributed by atoms with Crippen LogP contribution in [-0.2, 0) is 20.3 Å². The SMILES string of the molecule is Nc1nn2c(c1C(=O)Nc1cncc(F)c1N1CCN(S(=O)(=O)C3COC3)CC1)NCC(F)C21CCCCCCCC1. The summed E-state index contributed by atoms with van der Waals surface area (Å²) in [4.78, 5) is 19.3. The molecule has 1 spiro atoms. The quantitative estimate of drug-likeness (QED) is 0.466. The third-order valence-corrected chi connectivity index (χ3v) is 11.3. The Labute approximate surface area is 244 Å². The number of nitrogens with two attached hydrogens (primary N) is 1. The number of hydrogen-bond acceptors (Lipinski definition) is 9. The lowest BCUT2D eigenvalue weighted by atomic mass is 9.82. The Morgan fingerprint density at radius 1 is 1.07 bits per heavy atom. The molecule has 230 valence electrons. The van der Waals surface area contributed by atoms with E-state index in [2.05, 4.69) is 20.7 Å². The summed E-state index contributed by atoms with van der Waals surface area (Å²) in [6.45, 7) is 1.21. The predicted octanol–water partition coefficient (Wildman–Crippen LogP) is 2.70. The summed E-state index contributed by atoms with van der Waals surface area (Å²) >= 11 is 0. The number of ether oxygens (including phenoxy) is 1. The number of alkyl halides is 1. The van der Waals surface area contributed by atoms with Crippen molar-refractivity contribution >= 4 is 38.9 Å². The Balaban J connectivity index is 1.24. The molecular weight excluding hydrogens is 570 g/mol. The maximum Gasteiger partial charge on any atom is 0.263 e. The van der Waals surface area contributed by atoms with Gasteiger partial charge in [0.1, 0.15) is 28.5 Å². The predicted molar refractivity (Wildman–Crippen MR) is 154 cm³/mol. The monoisotopic (exact) mass is 608 g/mol. The van der Waals surface area contributed by atoms with E-state index in [0.717, 1.165) is 44.7 Å². The van der Waals surface area contributed by atoms with Crippen LogP contribution in [0.25, 0.3) is 0 Å². The molecule has 2 aromatic heterocycles. The zero-order valence-corrected chi connectivity index (χ0v) is 24.3. The number of rotatable bonds is 5. The number of carbonyl (C=O) groups excluding carboxylic acids is 1. The first-order valence-corrected chi connectivity index (χ1v) is 16.3. The number of halogens is 2. The van der Waals surface area contributed by atoms with Crippen molar-refractivity contribution in [3.8, 4) is 0 Å². The van der Waals surface area contributed by atoms with Crippen molar-refractivity contribution in [1.82, 2.24) is 19.1 Å². The smallest absolute Gasteiger partial charge is 0.263 e. The van der Waals surface area contributed by atoms with Crippen LogP contribution < -0.4 is 21.3 Å². The van der Waals surface area contributed by atoms with Crippen LogP contribution in [-0.4, -0.2) is 90.8 Å². The van der Waals surface area contributed by atoms with Crippen LogP contribution in [0.4, 0.5) is 31.8 Å². The van der Waals surface area contributed by atoms with Crippen LogP contribution in [0.5, 0.6) is 0 Å². The molecule has 0 aromatic carbocycles.